The quantitative estimate of drug-likeness (QED) is 0.859. The Morgan fingerprint density at radius 1 is 1.41 bits per heavy atom. The summed E-state index contributed by atoms with van der Waals surface area (Å²) in [5.74, 6) is 1.70. The van der Waals surface area contributed by atoms with Crippen LogP contribution in [-0.4, -0.2) is 16.2 Å². The van der Waals surface area contributed by atoms with E-state index in [0.29, 0.717) is 24.1 Å². The van der Waals surface area contributed by atoms with Gasteiger partial charge in [-0.15, -0.1) is 0 Å². The first kappa shape index (κ1) is 11.9. The van der Waals surface area contributed by atoms with Crippen LogP contribution in [0.4, 0.5) is 0 Å². The number of rotatable bonds is 5. The third-order valence-electron chi connectivity index (χ3n) is 2.46. The molecule has 0 saturated carbocycles. The van der Waals surface area contributed by atoms with Gasteiger partial charge in [0.15, 0.2) is 0 Å². The summed E-state index contributed by atoms with van der Waals surface area (Å²) in [4.78, 5) is 4.28. The highest BCUT2D eigenvalue weighted by molar-refractivity contribution is 5.51. The van der Waals surface area contributed by atoms with Gasteiger partial charge in [-0.3, -0.25) is 0 Å². The second-order valence-electron chi connectivity index (χ2n) is 4.62. The van der Waals surface area contributed by atoms with Crippen LogP contribution in [0.1, 0.15) is 26.2 Å². The molecule has 0 spiro atoms. The highest BCUT2D eigenvalue weighted by Crippen LogP contribution is 2.16. The van der Waals surface area contributed by atoms with Crippen molar-refractivity contribution in [2.75, 3.05) is 0 Å². The van der Waals surface area contributed by atoms with Crippen LogP contribution in [0.5, 0.6) is 0 Å². The van der Waals surface area contributed by atoms with Gasteiger partial charge in [0.1, 0.15) is 6.26 Å². The van der Waals surface area contributed by atoms with Gasteiger partial charge in [-0.25, -0.2) is 0 Å². The molecule has 2 N–H and O–H groups in total. The lowest BCUT2D eigenvalue weighted by Crippen LogP contribution is -2.24. The first-order chi connectivity index (χ1) is 8.15. The highest BCUT2D eigenvalue weighted by atomic mass is 16.5. The first-order valence-corrected chi connectivity index (χ1v) is 5.76. The third-order valence-corrected chi connectivity index (χ3v) is 2.46. The molecule has 92 valence electrons. The van der Waals surface area contributed by atoms with Crippen molar-refractivity contribution in [2.45, 2.75) is 32.7 Å². The molecule has 0 amide bonds. The average Bonchev–Trinajstić information content (AvgIpc) is 2.84. The number of nitrogens with two attached hydrogens (primary N) is 1. The summed E-state index contributed by atoms with van der Waals surface area (Å²) >= 11 is 0. The van der Waals surface area contributed by atoms with Crippen LogP contribution in [0.3, 0.4) is 0 Å². The van der Waals surface area contributed by atoms with Gasteiger partial charge in [-0.1, -0.05) is 19.0 Å². The Labute approximate surface area is 100.0 Å². The van der Waals surface area contributed by atoms with E-state index in [1.54, 1.807) is 18.6 Å². The molecule has 0 fully saturated rings. The van der Waals surface area contributed by atoms with E-state index in [-0.39, 0.29) is 6.04 Å². The predicted molar refractivity (Wildman–Crippen MR) is 63.1 cm³/mol. The van der Waals surface area contributed by atoms with Gasteiger partial charge in [0, 0.05) is 12.5 Å². The Bertz CT molecular complexity index is 448. The lowest BCUT2D eigenvalue weighted by atomic mass is 10.0. The second-order valence-corrected chi connectivity index (χ2v) is 4.62. The molecule has 0 bridgehead atoms. The zero-order valence-electron chi connectivity index (χ0n) is 10.1. The highest BCUT2D eigenvalue weighted by Gasteiger charge is 2.13. The maximum atomic E-state index is 5.99. The molecule has 0 aromatic carbocycles. The van der Waals surface area contributed by atoms with E-state index >= 15 is 0 Å². The number of hydrogen-bond donors (Lipinski definition) is 1. The fourth-order valence-corrected chi connectivity index (χ4v) is 1.76. The van der Waals surface area contributed by atoms with Crippen molar-refractivity contribution in [3.05, 3.63) is 24.5 Å². The molecule has 2 aromatic heterocycles. The van der Waals surface area contributed by atoms with Crippen LogP contribution in [-0.2, 0) is 6.42 Å². The molecule has 0 aliphatic carbocycles. The topological polar surface area (TPSA) is 78.1 Å². The van der Waals surface area contributed by atoms with E-state index in [4.69, 9.17) is 14.7 Å². The molecule has 0 aliphatic rings. The minimum Gasteiger partial charge on any atom is -0.472 e. The van der Waals surface area contributed by atoms with E-state index in [9.17, 15) is 0 Å². The van der Waals surface area contributed by atoms with Gasteiger partial charge in [-0.05, 0) is 18.4 Å². The van der Waals surface area contributed by atoms with Crippen LogP contribution in [0.2, 0.25) is 0 Å². The van der Waals surface area contributed by atoms with Crippen molar-refractivity contribution in [1.82, 2.24) is 10.1 Å². The Morgan fingerprint density at radius 3 is 2.88 bits per heavy atom. The number of hydrogen-bond acceptors (Lipinski definition) is 5. The van der Waals surface area contributed by atoms with Crippen LogP contribution in [0, 0.1) is 5.92 Å². The summed E-state index contributed by atoms with van der Waals surface area (Å²) in [5.41, 5.74) is 6.81. The fourth-order valence-electron chi connectivity index (χ4n) is 1.76. The summed E-state index contributed by atoms with van der Waals surface area (Å²) in [7, 11) is 0. The van der Waals surface area contributed by atoms with Crippen molar-refractivity contribution in [1.29, 1.82) is 0 Å². The van der Waals surface area contributed by atoms with E-state index in [1.807, 2.05) is 0 Å². The molecule has 2 aromatic rings. The van der Waals surface area contributed by atoms with Crippen LogP contribution in [0.25, 0.3) is 11.4 Å². The second kappa shape index (κ2) is 5.14. The fraction of sp³-hybridized carbons (Fsp3) is 0.500. The number of furan rings is 1. The van der Waals surface area contributed by atoms with Crippen molar-refractivity contribution in [2.24, 2.45) is 11.7 Å². The monoisotopic (exact) mass is 235 g/mol. The Balaban J connectivity index is 1.99. The van der Waals surface area contributed by atoms with E-state index in [2.05, 4.69) is 24.0 Å². The molecular weight excluding hydrogens is 218 g/mol. The summed E-state index contributed by atoms with van der Waals surface area (Å²) in [6, 6.07) is 1.86. The molecule has 2 heterocycles. The Hall–Kier alpha value is -1.62. The smallest absolute Gasteiger partial charge is 0.228 e. The molecule has 1 atom stereocenters. The molecule has 2 rings (SSSR count). The number of nitrogens with zero attached hydrogens (tertiary/aromatic N) is 2. The van der Waals surface area contributed by atoms with Gasteiger partial charge in [-0.2, -0.15) is 4.98 Å². The van der Waals surface area contributed by atoms with Crippen molar-refractivity contribution >= 4 is 0 Å². The molecule has 5 heteroatoms. The standard InChI is InChI=1S/C12H17N3O2/c1-8(2)5-10(13)6-11-14-12(15-17-11)9-3-4-16-7-9/h3-4,7-8,10H,5-6,13H2,1-2H3. The third kappa shape index (κ3) is 3.17. The van der Waals surface area contributed by atoms with Crippen LogP contribution < -0.4 is 5.73 Å². The number of aromatic nitrogens is 2. The van der Waals surface area contributed by atoms with Gasteiger partial charge < -0.3 is 14.7 Å². The summed E-state index contributed by atoms with van der Waals surface area (Å²) in [5, 5.41) is 3.89. The average molecular weight is 235 g/mol. The molecule has 0 saturated heterocycles. The molecule has 5 nitrogen and oxygen atoms in total. The van der Waals surface area contributed by atoms with E-state index < -0.39 is 0 Å². The maximum absolute atomic E-state index is 5.99. The molecule has 0 aliphatic heterocycles. The van der Waals surface area contributed by atoms with E-state index in [0.717, 1.165) is 12.0 Å². The zero-order chi connectivity index (χ0) is 12.3. The van der Waals surface area contributed by atoms with Crippen LogP contribution in [0.15, 0.2) is 27.5 Å². The summed E-state index contributed by atoms with van der Waals surface area (Å²) in [6.07, 6.45) is 4.73. The Morgan fingerprint density at radius 2 is 2.24 bits per heavy atom. The van der Waals surface area contributed by atoms with Crippen molar-refractivity contribution in [3.8, 4) is 11.4 Å². The van der Waals surface area contributed by atoms with Crippen LogP contribution >= 0.6 is 0 Å². The van der Waals surface area contributed by atoms with Gasteiger partial charge >= 0.3 is 0 Å². The molecule has 0 radical (unpaired) electrons. The minimum absolute atomic E-state index is 0.0626. The van der Waals surface area contributed by atoms with Crippen molar-refractivity contribution < 1.29 is 8.94 Å². The van der Waals surface area contributed by atoms with Gasteiger partial charge in [0.05, 0.1) is 11.8 Å². The minimum atomic E-state index is 0.0626. The lowest BCUT2D eigenvalue weighted by Gasteiger charge is -2.10. The summed E-state index contributed by atoms with van der Waals surface area (Å²) < 4.78 is 10.1. The lowest BCUT2D eigenvalue weighted by molar-refractivity contribution is 0.359. The van der Waals surface area contributed by atoms with E-state index in [1.165, 1.54) is 0 Å². The van der Waals surface area contributed by atoms with Gasteiger partial charge in [0.25, 0.3) is 0 Å². The largest absolute Gasteiger partial charge is 0.472 e. The first-order valence-electron chi connectivity index (χ1n) is 5.76. The predicted octanol–water partition coefficient (Wildman–Crippen LogP) is 2.25. The summed E-state index contributed by atoms with van der Waals surface area (Å²) in [6.45, 7) is 4.29. The molecular formula is C12H17N3O2. The normalized spacial score (nSPS) is 13.2. The molecule has 17 heavy (non-hydrogen) atoms. The zero-order valence-corrected chi connectivity index (χ0v) is 10.1. The van der Waals surface area contributed by atoms with Gasteiger partial charge in [0.2, 0.25) is 11.7 Å². The SMILES string of the molecule is CC(C)CC(N)Cc1nc(-c2ccoc2)no1. The Kier molecular flexibility index (Phi) is 3.58. The maximum Gasteiger partial charge on any atom is 0.228 e. The molecule has 1 unspecified atom stereocenters. The van der Waals surface area contributed by atoms with Crippen molar-refractivity contribution in [3.63, 3.8) is 0 Å².